The number of rotatable bonds is 9. The molecular formula is C15H24BBrO. The molecule has 1 aromatic carbocycles. The standard InChI is InChI=1S/C15H24BBrO/c1-3-5-11-16(12-6-4-2)18-13-14-9-7-8-10-15(14)17/h7-10H,3-6,11-13H2,1-2H3. The Kier molecular flexibility index (Phi) is 8.44. The lowest BCUT2D eigenvalue weighted by Gasteiger charge is -2.14. The number of benzene rings is 1. The lowest BCUT2D eigenvalue weighted by molar-refractivity contribution is 0.303. The fourth-order valence-electron chi connectivity index (χ4n) is 2.00. The molecule has 0 amide bonds. The van der Waals surface area contributed by atoms with Crippen molar-refractivity contribution in [1.29, 1.82) is 0 Å². The van der Waals surface area contributed by atoms with Crippen LogP contribution in [-0.4, -0.2) is 6.92 Å². The lowest BCUT2D eigenvalue weighted by Crippen LogP contribution is -2.17. The summed E-state index contributed by atoms with van der Waals surface area (Å²) in [5.74, 6) is 0. The summed E-state index contributed by atoms with van der Waals surface area (Å²) in [4.78, 5) is 0. The van der Waals surface area contributed by atoms with E-state index < -0.39 is 0 Å². The predicted molar refractivity (Wildman–Crippen MR) is 84.1 cm³/mol. The van der Waals surface area contributed by atoms with Gasteiger partial charge in [0.05, 0.1) is 6.61 Å². The molecule has 0 atom stereocenters. The molecule has 0 unspecified atom stereocenters. The van der Waals surface area contributed by atoms with Crippen molar-refractivity contribution in [2.75, 3.05) is 0 Å². The Hall–Kier alpha value is -0.275. The Morgan fingerprint density at radius 2 is 1.67 bits per heavy atom. The van der Waals surface area contributed by atoms with Gasteiger partial charge in [-0.15, -0.1) is 0 Å². The highest BCUT2D eigenvalue weighted by atomic mass is 79.9. The second-order valence-corrected chi connectivity index (χ2v) is 5.66. The SMILES string of the molecule is CCCCB(CCCC)OCc1ccccc1Br. The van der Waals surface area contributed by atoms with Crippen LogP contribution in [0.3, 0.4) is 0 Å². The monoisotopic (exact) mass is 310 g/mol. The first-order valence-corrected chi connectivity index (χ1v) is 7.92. The number of hydrogen-bond acceptors (Lipinski definition) is 1. The highest BCUT2D eigenvalue weighted by molar-refractivity contribution is 9.10. The Balaban J connectivity index is 2.42. The third-order valence-electron chi connectivity index (χ3n) is 3.19. The van der Waals surface area contributed by atoms with Crippen LogP contribution >= 0.6 is 15.9 Å². The minimum Gasteiger partial charge on any atom is -0.432 e. The largest absolute Gasteiger partial charge is 0.432 e. The summed E-state index contributed by atoms with van der Waals surface area (Å²) in [6, 6.07) is 8.31. The zero-order valence-electron chi connectivity index (χ0n) is 11.6. The van der Waals surface area contributed by atoms with Gasteiger partial charge in [-0.05, 0) is 24.3 Å². The molecule has 1 aromatic rings. The first kappa shape index (κ1) is 15.8. The fraction of sp³-hybridized carbons (Fsp3) is 0.600. The van der Waals surface area contributed by atoms with Gasteiger partial charge in [-0.1, -0.05) is 73.7 Å². The molecule has 0 bridgehead atoms. The van der Waals surface area contributed by atoms with E-state index in [-0.39, 0.29) is 0 Å². The lowest BCUT2D eigenvalue weighted by atomic mass is 9.59. The van der Waals surface area contributed by atoms with Crippen LogP contribution < -0.4 is 0 Å². The van der Waals surface area contributed by atoms with Gasteiger partial charge < -0.3 is 4.65 Å². The van der Waals surface area contributed by atoms with Gasteiger partial charge in [0.2, 0.25) is 0 Å². The van der Waals surface area contributed by atoms with Crippen LogP contribution in [0.1, 0.15) is 45.1 Å². The highest BCUT2D eigenvalue weighted by Crippen LogP contribution is 2.19. The van der Waals surface area contributed by atoms with E-state index in [2.05, 4.69) is 48.0 Å². The van der Waals surface area contributed by atoms with Crippen LogP contribution in [-0.2, 0) is 11.3 Å². The Labute approximate surface area is 121 Å². The van der Waals surface area contributed by atoms with Gasteiger partial charge in [-0.25, -0.2) is 0 Å². The molecule has 0 saturated carbocycles. The molecule has 1 rings (SSSR count). The van der Waals surface area contributed by atoms with Crippen LogP contribution in [0, 0.1) is 0 Å². The molecule has 18 heavy (non-hydrogen) atoms. The van der Waals surface area contributed by atoms with Crippen molar-refractivity contribution in [2.24, 2.45) is 0 Å². The average molecular weight is 311 g/mol. The zero-order valence-corrected chi connectivity index (χ0v) is 13.2. The minimum absolute atomic E-state index is 0.428. The summed E-state index contributed by atoms with van der Waals surface area (Å²) >= 11 is 3.57. The maximum atomic E-state index is 6.08. The third-order valence-corrected chi connectivity index (χ3v) is 3.97. The molecule has 0 spiro atoms. The Bertz CT molecular complexity index is 322. The van der Waals surface area contributed by atoms with E-state index in [1.807, 2.05) is 6.07 Å². The maximum absolute atomic E-state index is 6.08. The van der Waals surface area contributed by atoms with Gasteiger partial charge in [0.25, 0.3) is 6.92 Å². The number of halogens is 1. The second-order valence-electron chi connectivity index (χ2n) is 4.81. The molecular weight excluding hydrogens is 287 g/mol. The molecule has 0 aromatic heterocycles. The predicted octanol–water partition coefficient (Wildman–Crippen LogP) is 5.56. The van der Waals surface area contributed by atoms with Crippen molar-refractivity contribution in [3.63, 3.8) is 0 Å². The molecule has 0 saturated heterocycles. The van der Waals surface area contributed by atoms with E-state index in [0.29, 0.717) is 6.92 Å². The van der Waals surface area contributed by atoms with Crippen LogP contribution in [0.15, 0.2) is 28.7 Å². The van der Waals surface area contributed by atoms with Gasteiger partial charge in [0, 0.05) is 4.47 Å². The molecule has 0 heterocycles. The smallest absolute Gasteiger partial charge is 0.293 e. The average Bonchev–Trinajstić information content (AvgIpc) is 2.39. The second kappa shape index (κ2) is 9.63. The molecule has 0 aliphatic rings. The molecule has 100 valence electrons. The van der Waals surface area contributed by atoms with Crippen molar-refractivity contribution in [2.45, 2.75) is 58.8 Å². The van der Waals surface area contributed by atoms with Gasteiger partial charge in [-0.2, -0.15) is 0 Å². The first-order valence-electron chi connectivity index (χ1n) is 7.12. The Morgan fingerprint density at radius 3 is 2.22 bits per heavy atom. The highest BCUT2D eigenvalue weighted by Gasteiger charge is 2.14. The van der Waals surface area contributed by atoms with E-state index >= 15 is 0 Å². The fourth-order valence-corrected chi connectivity index (χ4v) is 2.40. The van der Waals surface area contributed by atoms with Crippen LogP contribution in [0.2, 0.25) is 12.6 Å². The van der Waals surface area contributed by atoms with Crippen molar-refractivity contribution in [3.8, 4) is 0 Å². The van der Waals surface area contributed by atoms with Crippen molar-refractivity contribution >= 4 is 22.8 Å². The Morgan fingerprint density at radius 1 is 1.06 bits per heavy atom. The number of unbranched alkanes of at least 4 members (excludes halogenated alkanes) is 2. The first-order chi connectivity index (χ1) is 8.77. The summed E-state index contributed by atoms with van der Waals surface area (Å²) in [6.45, 7) is 5.63. The third kappa shape index (κ3) is 6.06. The van der Waals surface area contributed by atoms with Crippen LogP contribution in [0.25, 0.3) is 0 Å². The topological polar surface area (TPSA) is 9.23 Å². The summed E-state index contributed by atoms with van der Waals surface area (Å²) in [7, 11) is 0. The van der Waals surface area contributed by atoms with E-state index in [1.165, 1.54) is 43.9 Å². The van der Waals surface area contributed by atoms with E-state index in [0.717, 1.165) is 11.1 Å². The normalized spacial score (nSPS) is 10.6. The molecule has 0 fully saturated rings. The molecule has 0 N–H and O–H groups in total. The van der Waals surface area contributed by atoms with Crippen molar-refractivity contribution in [3.05, 3.63) is 34.3 Å². The van der Waals surface area contributed by atoms with Crippen LogP contribution in [0.4, 0.5) is 0 Å². The summed E-state index contributed by atoms with van der Waals surface area (Å²) in [5.41, 5.74) is 1.25. The van der Waals surface area contributed by atoms with E-state index in [9.17, 15) is 0 Å². The van der Waals surface area contributed by atoms with Crippen molar-refractivity contribution in [1.82, 2.24) is 0 Å². The van der Waals surface area contributed by atoms with Gasteiger partial charge >= 0.3 is 0 Å². The summed E-state index contributed by atoms with van der Waals surface area (Å²) in [6.07, 6.45) is 7.43. The van der Waals surface area contributed by atoms with Gasteiger partial charge in [0.15, 0.2) is 0 Å². The quantitative estimate of drug-likeness (QED) is 0.543. The summed E-state index contributed by atoms with van der Waals surface area (Å²) in [5, 5.41) is 0. The molecule has 0 aliphatic carbocycles. The van der Waals surface area contributed by atoms with Crippen molar-refractivity contribution < 1.29 is 4.65 Å². The summed E-state index contributed by atoms with van der Waals surface area (Å²) < 4.78 is 7.23. The number of hydrogen-bond donors (Lipinski definition) is 0. The van der Waals surface area contributed by atoms with Gasteiger partial charge in [0.1, 0.15) is 0 Å². The minimum atomic E-state index is 0.428. The molecule has 0 aliphatic heterocycles. The van der Waals surface area contributed by atoms with E-state index in [4.69, 9.17) is 4.65 Å². The zero-order chi connectivity index (χ0) is 13.2. The molecule has 0 radical (unpaired) electrons. The van der Waals surface area contributed by atoms with Gasteiger partial charge in [-0.3, -0.25) is 0 Å². The molecule has 3 heteroatoms. The molecule has 1 nitrogen and oxygen atoms in total. The van der Waals surface area contributed by atoms with E-state index in [1.54, 1.807) is 0 Å². The van der Waals surface area contributed by atoms with Crippen LogP contribution in [0.5, 0.6) is 0 Å². The maximum Gasteiger partial charge on any atom is 0.293 e.